The number of hydrogen-bond acceptors (Lipinski definition) is 5. The van der Waals surface area contributed by atoms with Crippen molar-refractivity contribution in [2.24, 2.45) is 17.3 Å². The molecule has 4 bridgehead atoms. The first kappa shape index (κ1) is 17.8. The molecule has 1 N–H and O–H groups in total. The highest BCUT2D eigenvalue weighted by Crippen LogP contribution is 2.62. The highest BCUT2D eigenvalue weighted by molar-refractivity contribution is 6.30. The number of ether oxygens (including phenoxy) is 3. The maximum absolute atomic E-state index is 12.7. The molecule has 0 spiro atoms. The molecular weight excluding hydrogens is 368 g/mol. The third kappa shape index (κ3) is 3.34. The SMILES string of the molecule is O=C(CC12C[C@@H]3C[C@@H](CC(O)(C3)C1)C2)OCc1cc(Cl)cc2c1OCOC2. The monoisotopic (exact) mass is 392 g/mol. The Morgan fingerprint density at radius 2 is 2.04 bits per heavy atom. The van der Waals surface area contributed by atoms with Gasteiger partial charge in [0, 0.05) is 16.1 Å². The van der Waals surface area contributed by atoms with Crippen LogP contribution in [0.4, 0.5) is 0 Å². The van der Waals surface area contributed by atoms with Crippen molar-refractivity contribution in [1.82, 2.24) is 0 Å². The lowest BCUT2D eigenvalue weighted by Crippen LogP contribution is -2.56. The van der Waals surface area contributed by atoms with Crippen molar-refractivity contribution in [3.05, 3.63) is 28.3 Å². The van der Waals surface area contributed by atoms with Crippen LogP contribution in [0, 0.1) is 17.3 Å². The molecular formula is C21H25ClO5. The van der Waals surface area contributed by atoms with E-state index in [1.54, 1.807) is 6.07 Å². The summed E-state index contributed by atoms with van der Waals surface area (Å²) in [6.07, 6.45) is 6.28. The molecule has 1 heterocycles. The number of rotatable bonds is 4. The van der Waals surface area contributed by atoms with Gasteiger partial charge in [-0.15, -0.1) is 0 Å². The summed E-state index contributed by atoms with van der Waals surface area (Å²) in [5, 5.41) is 11.4. The van der Waals surface area contributed by atoms with Gasteiger partial charge in [-0.2, -0.15) is 0 Å². The Hall–Kier alpha value is -1.30. The summed E-state index contributed by atoms with van der Waals surface area (Å²) in [4.78, 5) is 12.7. The van der Waals surface area contributed by atoms with Crippen molar-refractivity contribution in [3.63, 3.8) is 0 Å². The van der Waals surface area contributed by atoms with Gasteiger partial charge in [0.05, 0.1) is 18.6 Å². The fraction of sp³-hybridized carbons (Fsp3) is 0.667. The molecule has 1 aromatic rings. The maximum atomic E-state index is 12.7. The van der Waals surface area contributed by atoms with Gasteiger partial charge < -0.3 is 19.3 Å². The van der Waals surface area contributed by atoms with Crippen LogP contribution in [0.15, 0.2) is 12.1 Å². The number of aliphatic hydroxyl groups is 1. The van der Waals surface area contributed by atoms with Crippen molar-refractivity contribution in [1.29, 1.82) is 0 Å². The zero-order chi connectivity index (χ0) is 18.6. The molecule has 5 nitrogen and oxygen atoms in total. The molecule has 27 heavy (non-hydrogen) atoms. The van der Waals surface area contributed by atoms with Gasteiger partial charge in [-0.05, 0) is 67.9 Å². The average molecular weight is 393 g/mol. The van der Waals surface area contributed by atoms with Crippen molar-refractivity contribution in [3.8, 4) is 5.75 Å². The van der Waals surface area contributed by atoms with Gasteiger partial charge in [-0.3, -0.25) is 4.79 Å². The molecule has 4 saturated carbocycles. The first-order chi connectivity index (χ1) is 12.9. The van der Waals surface area contributed by atoms with Crippen molar-refractivity contribution < 1.29 is 24.1 Å². The molecule has 4 fully saturated rings. The van der Waals surface area contributed by atoms with Crippen molar-refractivity contribution in [2.75, 3.05) is 6.79 Å². The Balaban J connectivity index is 1.27. The fourth-order valence-corrected chi connectivity index (χ4v) is 6.75. The van der Waals surface area contributed by atoms with E-state index in [0.717, 1.165) is 43.2 Å². The van der Waals surface area contributed by atoms with Gasteiger partial charge >= 0.3 is 5.97 Å². The maximum Gasteiger partial charge on any atom is 0.306 e. The zero-order valence-corrected chi connectivity index (χ0v) is 16.1. The van der Waals surface area contributed by atoms with E-state index in [0.29, 0.717) is 35.6 Å². The van der Waals surface area contributed by atoms with Gasteiger partial charge in [0.15, 0.2) is 6.79 Å². The van der Waals surface area contributed by atoms with Crippen LogP contribution < -0.4 is 4.74 Å². The molecule has 6 heteroatoms. The summed E-state index contributed by atoms with van der Waals surface area (Å²) in [7, 11) is 0. The summed E-state index contributed by atoms with van der Waals surface area (Å²) in [6, 6.07) is 3.60. The lowest BCUT2D eigenvalue weighted by molar-refractivity contribution is -0.177. The van der Waals surface area contributed by atoms with E-state index in [-0.39, 0.29) is 24.8 Å². The number of halogens is 1. The molecule has 4 aliphatic carbocycles. The number of fused-ring (bicyclic) bond motifs is 1. The summed E-state index contributed by atoms with van der Waals surface area (Å²) in [5.74, 6) is 1.65. The van der Waals surface area contributed by atoms with Crippen LogP contribution in [0.25, 0.3) is 0 Å². The van der Waals surface area contributed by atoms with Crippen molar-refractivity contribution >= 4 is 17.6 Å². The number of hydrogen-bond donors (Lipinski definition) is 1. The summed E-state index contributed by atoms with van der Waals surface area (Å²) < 4.78 is 16.5. The van der Waals surface area contributed by atoms with Gasteiger partial charge in [-0.1, -0.05) is 11.6 Å². The van der Waals surface area contributed by atoms with Gasteiger partial charge in [0.2, 0.25) is 0 Å². The number of carbonyl (C=O) groups excluding carboxylic acids is 1. The molecule has 1 aromatic carbocycles. The lowest BCUT2D eigenvalue weighted by atomic mass is 9.47. The normalized spacial score (nSPS) is 36.2. The van der Waals surface area contributed by atoms with Gasteiger partial charge in [-0.25, -0.2) is 0 Å². The molecule has 1 aliphatic heterocycles. The van der Waals surface area contributed by atoms with Gasteiger partial charge in [0.1, 0.15) is 12.4 Å². The van der Waals surface area contributed by atoms with E-state index in [2.05, 4.69) is 0 Å². The Morgan fingerprint density at radius 3 is 2.78 bits per heavy atom. The largest absolute Gasteiger partial charge is 0.467 e. The van der Waals surface area contributed by atoms with E-state index in [1.807, 2.05) is 6.07 Å². The van der Waals surface area contributed by atoms with E-state index in [4.69, 9.17) is 25.8 Å². The minimum Gasteiger partial charge on any atom is -0.467 e. The molecule has 0 aromatic heterocycles. The molecule has 5 aliphatic rings. The van der Waals surface area contributed by atoms with Crippen LogP contribution in [-0.4, -0.2) is 23.5 Å². The fourth-order valence-electron chi connectivity index (χ4n) is 6.49. The predicted molar refractivity (Wildman–Crippen MR) is 98.2 cm³/mol. The molecule has 0 saturated heterocycles. The zero-order valence-electron chi connectivity index (χ0n) is 15.3. The molecule has 0 amide bonds. The van der Waals surface area contributed by atoms with Crippen LogP contribution in [-0.2, 0) is 27.5 Å². The van der Waals surface area contributed by atoms with Crippen LogP contribution in [0.1, 0.15) is 56.1 Å². The summed E-state index contributed by atoms with van der Waals surface area (Å²) >= 11 is 6.18. The highest BCUT2D eigenvalue weighted by atomic mass is 35.5. The third-order valence-electron chi connectivity index (χ3n) is 6.81. The molecule has 2 unspecified atom stereocenters. The second kappa shape index (κ2) is 6.36. The topological polar surface area (TPSA) is 65.0 Å². The van der Waals surface area contributed by atoms with Crippen LogP contribution >= 0.6 is 11.6 Å². The van der Waals surface area contributed by atoms with Gasteiger partial charge in [0.25, 0.3) is 0 Å². The van der Waals surface area contributed by atoms with E-state index < -0.39 is 5.60 Å². The minimum absolute atomic E-state index is 0.0754. The Bertz CT molecular complexity index is 762. The van der Waals surface area contributed by atoms with E-state index >= 15 is 0 Å². The van der Waals surface area contributed by atoms with Crippen LogP contribution in [0.2, 0.25) is 5.02 Å². The predicted octanol–water partition coefficient (Wildman–Crippen LogP) is 3.97. The average Bonchev–Trinajstić information content (AvgIpc) is 2.57. The number of carbonyl (C=O) groups is 1. The first-order valence-electron chi connectivity index (χ1n) is 9.82. The van der Waals surface area contributed by atoms with Crippen molar-refractivity contribution in [2.45, 2.75) is 63.8 Å². The van der Waals surface area contributed by atoms with Crippen LogP contribution in [0.3, 0.4) is 0 Å². The van der Waals surface area contributed by atoms with E-state index in [1.165, 1.54) is 6.42 Å². The number of benzene rings is 1. The standard InChI is InChI=1S/C21H25ClO5/c22-17-2-15-9-25-12-27-19(15)16(3-17)10-26-18(23)8-20-4-13-1-14(5-20)7-21(24,6-13)11-20/h2-3,13-14,24H,1,4-12H2/t13-,14+,20?,21?. The smallest absolute Gasteiger partial charge is 0.306 e. The summed E-state index contributed by atoms with van der Waals surface area (Å²) in [6.45, 7) is 0.788. The first-order valence-corrected chi connectivity index (χ1v) is 10.2. The molecule has 4 atom stereocenters. The Morgan fingerprint density at radius 1 is 1.26 bits per heavy atom. The Labute approximate surface area is 163 Å². The Kier molecular flexibility index (Phi) is 4.19. The molecule has 6 rings (SSSR count). The second-order valence-electron chi connectivity index (χ2n) is 9.19. The van der Waals surface area contributed by atoms with Crippen LogP contribution in [0.5, 0.6) is 5.75 Å². The second-order valence-corrected chi connectivity index (χ2v) is 9.62. The molecule has 146 valence electrons. The van der Waals surface area contributed by atoms with E-state index in [9.17, 15) is 9.90 Å². The number of esters is 1. The third-order valence-corrected chi connectivity index (χ3v) is 7.03. The lowest BCUT2D eigenvalue weighted by Gasteiger charge is -2.60. The molecule has 0 radical (unpaired) electrons. The summed E-state index contributed by atoms with van der Waals surface area (Å²) in [5.41, 5.74) is 1.03. The highest BCUT2D eigenvalue weighted by Gasteiger charge is 2.57. The minimum atomic E-state index is -0.551. The quantitative estimate of drug-likeness (QED) is 0.785.